The van der Waals surface area contributed by atoms with Crippen molar-refractivity contribution in [2.45, 2.75) is 44.6 Å². The van der Waals surface area contributed by atoms with Gasteiger partial charge in [0.2, 0.25) is 0 Å². The SMILES string of the molecule is O=C(CCCNC(=O)c1cccc(Oc2ccc(F)cc2)c1)c1ccc(OC2CCC(C(=O)O)CC2)cc1. The lowest BCUT2D eigenvalue weighted by atomic mass is 9.87. The number of benzene rings is 3. The van der Waals surface area contributed by atoms with Crippen molar-refractivity contribution in [3.8, 4) is 17.2 Å². The van der Waals surface area contributed by atoms with Gasteiger partial charge in [0.05, 0.1) is 12.0 Å². The summed E-state index contributed by atoms with van der Waals surface area (Å²) < 4.78 is 24.7. The molecule has 0 bridgehead atoms. The lowest BCUT2D eigenvalue weighted by Gasteiger charge is -2.26. The largest absolute Gasteiger partial charge is 0.490 e. The zero-order valence-electron chi connectivity index (χ0n) is 20.9. The number of amides is 1. The number of carboxylic acids is 1. The predicted molar refractivity (Wildman–Crippen MR) is 139 cm³/mol. The van der Waals surface area contributed by atoms with E-state index in [0.29, 0.717) is 67.0 Å². The number of hydrogen-bond donors (Lipinski definition) is 2. The third kappa shape index (κ3) is 7.65. The first-order chi connectivity index (χ1) is 18.4. The summed E-state index contributed by atoms with van der Waals surface area (Å²) in [7, 11) is 0. The molecule has 1 saturated carbocycles. The van der Waals surface area contributed by atoms with Gasteiger partial charge in [-0.1, -0.05) is 6.07 Å². The number of aliphatic carboxylic acids is 1. The van der Waals surface area contributed by atoms with Crippen molar-refractivity contribution in [3.63, 3.8) is 0 Å². The quantitative estimate of drug-likeness (QED) is 0.237. The molecule has 3 aromatic carbocycles. The van der Waals surface area contributed by atoms with E-state index in [-0.39, 0.29) is 36.0 Å². The summed E-state index contributed by atoms with van der Waals surface area (Å²) in [6.07, 6.45) is 3.40. The molecule has 38 heavy (non-hydrogen) atoms. The van der Waals surface area contributed by atoms with Gasteiger partial charge in [-0.15, -0.1) is 0 Å². The number of hydrogen-bond acceptors (Lipinski definition) is 5. The molecule has 0 saturated heterocycles. The van der Waals surface area contributed by atoms with Gasteiger partial charge in [-0.3, -0.25) is 14.4 Å². The first kappa shape index (κ1) is 26.9. The topological polar surface area (TPSA) is 102 Å². The highest BCUT2D eigenvalue weighted by molar-refractivity contribution is 5.96. The molecule has 198 valence electrons. The van der Waals surface area contributed by atoms with Crippen LogP contribution in [0.25, 0.3) is 0 Å². The van der Waals surface area contributed by atoms with Crippen LogP contribution in [0.4, 0.5) is 4.39 Å². The van der Waals surface area contributed by atoms with Crippen molar-refractivity contribution in [2.24, 2.45) is 5.92 Å². The second kappa shape index (κ2) is 12.9. The van der Waals surface area contributed by atoms with Crippen LogP contribution < -0.4 is 14.8 Å². The number of nitrogens with one attached hydrogen (secondary N) is 1. The summed E-state index contributed by atoms with van der Waals surface area (Å²) in [4.78, 5) is 36.2. The molecule has 3 aromatic rings. The molecule has 2 N–H and O–H groups in total. The van der Waals surface area contributed by atoms with Crippen LogP contribution in [0.1, 0.15) is 59.2 Å². The Kier molecular flexibility index (Phi) is 9.08. The molecule has 7 nitrogen and oxygen atoms in total. The third-order valence-corrected chi connectivity index (χ3v) is 6.51. The molecule has 4 rings (SSSR count). The minimum absolute atomic E-state index is 0.00840. The number of carbonyl (C=O) groups excluding carboxylic acids is 2. The van der Waals surface area contributed by atoms with E-state index in [1.807, 2.05) is 0 Å². The molecule has 1 aliphatic rings. The number of rotatable bonds is 11. The van der Waals surface area contributed by atoms with E-state index in [2.05, 4.69) is 5.32 Å². The molecule has 0 radical (unpaired) electrons. The first-order valence-corrected chi connectivity index (χ1v) is 12.7. The van der Waals surface area contributed by atoms with Gasteiger partial charge in [0.25, 0.3) is 5.91 Å². The number of carbonyl (C=O) groups is 3. The zero-order chi connectivity index (χ0) is 26.9. The monoisotopic (exact) mass is 519 g/mol. The van der Waals surface area contributed by atoms with E-state index in [1.165, 1.54) is 24.3 Å². The maximum Gasteiger partial charge on any atom is 0.306 e. The highest BCUT2D eigenvalue weighted by Crippen LogP contribution is 2.28. The molecule has 0 unspecified atom stereocenters. The van der Waals surface area contributed by atoms with Crippen LogP contribution in [0.3, 0.4) is 0 Å². The van der Waals surface area contributed by atoms with Crippen molar-refractivity contribution < 1.29 is 33.4 Å². The second-order valence-electron chi connectivity index (χ2n) is 9.32. The average Bonchev–Trinajstić information content (AvgIpc) is 2.93. The molecular weight excluding hydrogens is 489 g/mol. The molecule has 8 heteroatoms. The van der Waals surface area contributed by atoms with Gasteiger partial charge in [0.1, 0.15) is 23.1 Å². The Labute approximate surface area is 220 Å². The van der Waals surface area contributed by atoms with Crippen molar-refractivity contribution in [2.75, 3.05) is 6.54 Å². The number of Topliss-reactive ketones (excluding diaryl/α,β-unsaturated/α-hetero) is 1. The van der Waals surface area contributed by atoms with Gasteiger partial charge in [0, 0.05) is 24.1 Å². The smallest absolute Gasteiger partial charge is 0.306 e. The van der Waals surface area contributed by atoms with Crippen molar-refractivity contribution >= 4 is 17.7 Å². The zero-order valence-corrected chi connectivity index (χ0v) is 20.9. The Balaban J connectivity index is 1.18. The third-order valence-electron chi connectivity index (χ3n) is 6.51. The Morgan fingerprint density at radius 2 is 1.53 bits per heavy atom. The highest BCUT2D eigenvalue weighted by atomic mass is 19.1. The fourth-order valence-corrected chi connectivity index (χ4v) is 4.38. The standard InChI is InChI=1S/C30H30FNO6/c31-23-10-16-26(17-11-23)38-27-4-1-3-22(19-27)29(34)32-18-2-5-28(33)20-6-12-24(13-7-20)37-25-14-8-21(9-15-25)30(35)36/h1,3-4,6-7,10-13,16-17,19,21,25H,2,5,8-9,14-15,18H2,(H,32,34)(H,35,36). The van der Waals surface area contributed by atoms with Crippen LogP contribution in [0.15, 0.2) is 72.8 Å². The average molecular weight is 520 g/mol. The molecule has 0 aliphatic heterocycles. The lowest BCUT2D eigenvalue weighted by Crippen LogP contribution is -2.27. The normalized spacial score (nSPS) is 16.9. The van der Waals surface area contributed by atoms with Crippen LogP contribution in [0.5, 0.6) is 17.2 Å². The van der Waals surface area contributed by atoms with Gasteiger partial charge in [-0.25, -0.2) is 4.39 Å². The van der Waals surface area contributed by atoms with E-state index in [4.69, 9.17) is 14.6 Å². The van der Waals surface area contributed by atoms with Crippen LogP contribution in [-0.4, -0.2) is 35.4 Å². The Bertz CT molecular complexity index is 1250. The van der Waals surface area contributed by atoms with E-state index >= 15 is 0 Å². The maximum atomic E-state index is 13.1. The van der Waals surface area contributed by atoms with Crippen LogP contribution in [0.2, 0.25) is 0 Å². The van der Waals surface area contributed by atoms with Gasteiger partial charge in [0.15, 0.2) is 5.78 Å². The second-order valence-corrected chi connectivity index (χ2v) is 9.32. The first-order valence-electron chi connectivity index (χ1n) is 12.7. The number of halogens is 1. The van der Waals surface area contributed by atoms with Gasteiger partial charge < -0.3 is 19.9 Å². The summed E-state index contributed by atoms with van der Waals surface area (Å²) in [5.74, 6) is -0.102. The van der Waals surface area contributed by atoms with Crippen molar-refractivity contribution in [3.05, 3.63) is 89.7 Å². The van der Waals surface area contributed by atoms with E-state index in [1.54, 1.807) is 48.5 Å². The summed E-state index contributed by atoms with van der Waals surface area (Å²) in [5.41, 5.74) is 0.992. The highest BCUT2D eigenvalue weighted by Gasteiger charge is 2.26. The fraction of sp³-hybridized carbons (Fsp3) is 0.300. The molecule has 1 fully saturated rings. The number of ether oxygens (including phenoxy) is 2. The summed E-state index contributed by atoms with van der Waals surface area (Å²) in [6, 6.07) is 19.3. The van der Waals surface area contributed by atoms with Crippen molar-refractivity contribution in [1.82, 2.24) is 5.32 Å². The minimum atomic E-state index is -0.742. The lowest BCUT2D eigenvalue weighted by molar-refractivity contribution is -0.143. The van der Waals surface area contributed by atoms with Crippen LogP contribution in [0, 0.1) is 11.7 Å². The Hall–Kier alpha value is -4.20. The number of ketones is 1. The Morgan fingerprint density at radius 1 is 0.842 bits per heavy atom. The summed E-state index contributed by atoms with van der Waals surface area (Å²) in [5, 5.41) is 11.9. The maximum absolute atomic E-state index is 13.1. The minimum Gasteiger partial charge on any atom is -0.490 e. The number of carboxylic acid groups (broad SMARTS) is 1. The van der Waals surface area contributed by atoms with E-state index < -0.39 is 5.97 Å². The van der Waals surface area contributed by atoms with Gasteiger partial charge in [-0.05, 0) is 98.8 Å². The molecule has 0 heterocycles. The van der Waals surface area contributed by atoms with E-state index in [9.17, 15) is 18.8 Å². The fourth-order valence-electron chi connectivity index (χ4n) is 4.38. The van der Waals surface area contributed by atoms with Crippen molar-refractivity contribution in [1.29, 1.82) is 0 Å². The molecule has 0 atom stereocenters. The molecule has 1 amide bonds. The molecule has 1 aliphatic carbocycles. The van der Waals surface area contributed by atoms with Gasteiger partial charge in [-0.2, -0.15) is 0 Å². The molecule has 0 spiro atoms. The van der Waals surface area contributed by atoms with Gasteiger partial charge >= 0.3 is 5.97 Å². The molecular formula is C30H30FNO6. The predicted octanol–water partition coefficient (Wildman–Crippen LogP) is 6.03. The molecule has 0 aromatic heterocycles. The van der Waals surface area contributed by atoms with Crippen LogP contribution >= 0.6 is 0 Å². The summed E-state index contributed by atoms with van der Waals surface area (Å²) in [6.45, 7) is 0.341. The van der Waals surface area contributed by atoms with Crippen LogP contribution in [-0.2, 0) is 4.79 Å². The van der Waals surface area contributed by atoms with E-state index in [0.717, 1.165) is 0 Å². The summed E-state index contributed by atoms with van der Waals surface area (Å²) >= 11 is 0. The Morgan fingerprint density at radius 3 is 2.21 bits per heavy atom.